The van der Waals surface area contributed by atoms with Crippen molar-refractivity contribution < 1.29 is 13.3 Å². The van der Waals surface area contributed by atoms with Gasteiger partial charge in [0.2, 0.25) is 11.7 Å². The molecule has 0 aliphatic carbocycles. The van der Waals surface area contributed by atoms with Crippen molar-refractivity contribution in [2.75, 3.05) is 13.1 Å². The van der Waals surface area contributed by atoms with Gasteiger partial charge in [0.15, 0.2) is 0 Å². The predicted octanol–water partition coefficient (Wildman–Crippen LogP) is 4.94. The van der Waals surface area contributed by atoms with Crippen LogP contribution in [-0.2, 0) is 6.54 Å². The average molecular weight is 406 g/mol. The van der Waals surface area contributed by atoms with Gasteiger partial charge < -0.3 is 4.52 Å². The smallest absolute Gasteiger partial charge is 0.231 e. The molecule has 1 atom stereocenters. The highest BCUT2D eigenvalue weighted by Crippen LogP contribution is 2.29. The Bertz CT molecular complexity index is 1180. The fourth-order valence-electron chi connectivity index (χ4n) is 4.11. The predicted molar refractivity (Wildman–Crippen MR) is 109 cm³/mol. The molecule has 152 valence electrons. The van der Waals surface area contributed by atoms with Crippen LogP contribution in [-0.4, -0.2) is 33.1 Å². The highest BCUT2D eigenvalue weighted by molar-refractivity contribution is 5.81. The Morgan fingerprint density at radius 2 is 1.93 bits per heavy atom. The fourth-order valence-corrected chi connectivity index (χ4v) is 4.11. The van der Waals surface area contributed by atoms with E-state index in [0.29, 0.717) is 18.3 Å². The van der Waals surface area contributed by atoms with Gasteiger partial charge in [-0.1, -0.05) is 11.2 Å². The summed E-state index contributed by atoms with van der Waals surface area (Å²) < 4.78 is 32.7. The number of likely N-dealkylation sites (tertiary alicyclic amines) is 1. The van der Waals surface area contributed by atoms with Crippen LogP contribution in [0.5, 0.6) is 0 Å². The Hall–Kier alpha value is -3.19. The Kier molecular flexibility index (Phi) is 4.96. The van der Waals surface area contributed by atoms with E-state index >= 15 is 0 Å². The van der Waals surface area contributed by atoms with Crippen LogP contribution in [0.2, 0.25) is 0 Å². The number of halogens is 2. The van der Waals surface area contributed by atoms with Crippen molar-refractivity contribution in [1.29, 1.82) is 0 Å². The van der Waals surface area contributed by atoms with E-state index in [-0.39, 0.29) is 17.6 Å². The second-order valence-electron chi connectivity index (χ2n) is 7.68. The van der Waals surface area contributed by atoms with Crippen molar-refractivity contribution in [3.63, 3.8) is 0 Å². The zero-order chi connectivity index (χ0) is 20.5. The van der Waals surface area contributed by atoms with E-state index < -0.39 is 0 Å². The van der Waals surface area contributed by atoms with Crippen LogP contribution in [0.3, 0.4) is 0 Å². The molecule has 2 aromatic carbocycles. The summed E-state index contributed by atoms with van der Waals surface area (Å²) in [6.45, 7) is 2.27. The Balaban J connectivity index is 1.34. The first kappa shape index (κ1) is 18.8. The third kappa shape index (κ3) is 3.80. The molecule has 1 aliphatic heterocycles. The number of hydrogen-bond donors (Lipinski definition) is 0. The van der Waals surface area contributed by atoms with Gasteiger partial charge in [0, 0.05) is 30.2 Å². The van der Waals surface area contributed by atoms with Gasteiger partial charge in [0.1, 0.15) is 11.6 Å². The number of fused-ring (bicyclic) bond motifs is 1. The number of piperidine rings is 1. The van der Waals surface area contributed by atoms with Crippen molar-refractivity contribution in [3.8, 4) is 11.4 Å². The first-order valence-corrected chi connectivity index (χ1v) is 10.0. The van der Waals surface area contributed by atoms with Crippen LogP contribution < -0.4 is 0 Å². The molecule has 3 heterocycles. The van der Waals surface area contributed by atoms with Gasteiger partial charge in [0.25, 0.3) is 0 Å². The minimum Gasteiger partial charge on any atom is -0.339 e. The third-order valence-electron chi connectivity index (χ3n) is 5.54. The van der Waals surface area contributed by atoms with Crippen LogP contribution >= 0.6 is 0 Å². The summed E-state index contributed by atoms with van der Waals surface area (Å²) in [4.78, 5) is 11.3. The number of nitrogens with zero attached hydrogens (tertiary/aromatic N) is 4. The lowest BCUT2D eigenvalue weighted by atomic mass is 9.97. The quantitative estimate of drug-likeness (QED) is 0.480. The van der Waals surface area contributed by atoms with E-state index in [2.05, 4.69) is 20.0 Å². The summed E-state index contributed by atoms with van der Waals surface area (Å²) in [7, 11) is 0. The van der Waals surface area contributed by atoms with E-state index in [0.717, 1.165) is 48.0 Å². The lowest BCUT2D eigenvalue weighted by Gasteiger charge is -2.31. The van der Waals surface area contributed by atoms with Gasteiger partial charge in [-0.3, -0.25) is 9.88 Å². The average Bonchev–Trinajstić information content (AvgIpc) is 3.25. The number of benzene rings is 2. The van der Waals surface area contributed by atoms with Crippen LogP contribution in [0.1, 0.15) is 30.2 Å². The topological polar surface area (TPSA) is 55.1 Å². The summed E-state index contributed by atoms with van der Waals surface area (Å²) in [5, 5.41) is 4.87. The van der Waals surface area contributed by atoms with Crippen molar-refractivity contribution in [1.82, 2.24) is 20.0 Å². The third-order valence-corrected chi connectivity index (χ3v) is 5.54. The van der Waals surface area contributed by atoms with Crippen molar-refractivity contribution in [2.45, 2.75) is 25.3 Å². The summed E-state index contributed by atoms with van der Waals surface area (Å²) in [5.74, 6) is 0.599. The highest BCUT2D eigenvalue weighted by atomic mass is 19.1. The van der Waals surface area contributed by atoms with E-state index in [9.17, 15) is 8.78 Å². The molecule has 5 nitrogen and oxygen atoms in total. The standard InChI is InChI=1S/C23H20F2N4O/c24-19-7-5-15(6-8-19)22-27-23(30-28-22)17-4-2-10-29(13-17)14-18-12-20(25)11-16-3-1-9-26-21(16)18/h1,3,5-9,11-12,17H,2,4,10,13-14H2. The van der Waals surface area contributed by atoms with Crippen molar-refractivity contribution in [3.05, 3.63) is 77.8 Å². The maximum Gasteiger partial charge on any atom is 0.231 e. The molecular formula is C23H20F2N4O. The van der Waals surface area contributed by atoms with Crippen LogP contribution in [0.15, 0.2) is 59.3 Å². The largest absolute Gasteiger partial charge is 0.339 e. The van der Waals surface area contributed by atoms with Gasteiger partial charge in [-0.05, 0) is 67.4 Å². The minimum absolute atomic E-state index is 0.105. The molecule has 30 heavy (non-hydrogen) atoms. The second kappa shape index (κ2) is 7.91. The molecule has 7 heteroatoms. The summed E-state index contributed by atoms with van der Waals surface area (Å²) >= 11 is 0. The number of hydrogen-bond acceptors (Lipinski definition) is 5. The Labute approximate surface area is 172 Å². The molecule has 4 aromatic rings. The SMILES string of the molecule is Fc1ccc(-c2noc(C3CCCN(Cc4cc(F)cc5cccnc45)C3)n2)cc1. The fraction of sp³-hybridized carbons (Fsp3) is 0.261. The molecule has 0 saturated carbocycles. The molecule has 1 aliphatic rings. The van der Waals surface area contributed by atoms with Gasteiger partial charge in [0.05, 0.1) is 11.4 Å². The van der Waals surface area contributed by atoms with E-state index in [1.165, 1.54) is 18.2 Å². The molecule has 2 aromatic heterocycles. The number of pyridine rings is 1. The Morgan fingerprint density at radius 1 is 1.07 bits per heavy atom. The lowest BCUT2D eigenvalue weighted by Crippen LogP contribution is -2.34. The van der Waals surface area contributed by atoms with Gasteiger partial charge in [-0.15, -0.1) is 0 Å². The Morgan fingerprint density at radius 3 is 2.80 bits per heavy atom. The summed E-state index contributed by atoms with van der Waals surface area (Å²) in [6, 6.07) is 12.8. The van der Waals surface area contributed by atoms with Gasteiger partial charge in [-0.25, -0.2) is 8.78 Å². The van der Waals surface area contributed by atoms with E-state index in [4.69, 9.17) is 4.52 Å². The normalized spacial score (nSPS) is 17.5. The van der Waals surface area contributed by atoms with Crippen LogP contribution in [0, 0.1) is 11.6 Å². The maximum absolute atomic E-state index is 14.1. The monoisotopic (exact) mass is 406 g/mol. The second-order valence-corrected chi connectivity index (χ2v) is 7.68. The zero-order valence-corrected chi connectivity index (χ0v) is 16.3. The molecule has 5 rings (SSSR count). The van der Waals surface area contributed by atoms with Gasteiger partial charge >= 0.3 is 0 Å². The summed E-state index contributed by atoms with van der Waals surface area (Å²) in [5.41, 5.74) is 2.43. The zero-order valence-electron chi connectivity index (χ0n) is 16.3. The van der Waals surface area contributed by atoms with Crippen molar-refractivity contribution in [2.24, 2.45) is 0 Å². The molecule has 0 spiro atoms. The lowest BCUT2D eigenvalue weighted by molar-refractivity contribution is 0.180. The molecule has 1 saturated heterocycles. The molecule has 1 fully saturated rings. The van der Waals surface area contributed by atoms with Crippen LogP contribution in [0.25, 0.3) is 22.3 Å². The van der Waals surface area contributed by atoms with E-state index in [1.54, 1.807) is 24.4 Å². The van der Waals surface area contributed by atoms with Crippen LogP contribution in [0.4, 0.5) is 8.78 Å². The van der Waals surface area contributed by atoms with Crippen molar-refractivity contribution >= 4 is 10.9 Å². The minimum atomic E-state index is -0.301. The highest BCUT2D eigenvalue weighted by Gasteiger charge is 2.27. The molecule has 0 radical (unpaired) electrons. The maximum atomic E-state index is 14.1. The number of aromatic nitrogens is 3. The van der Waals surface area contributed by atoms with Gasteiger partial charge in [-0.2, -0.15) is 4.98 Å². The summed E-state index contributed by atoms with van der Waals surface area (Å²) in [6.07, 6.45) is 3.67. The van der Waals surface area contributed by atoms with E-state index in [1.807, 2.05) is 12.1 Å². The molecule has 1 unspecified atom stereocenters. The molecule has 0 bridgehead atoms. The number of rotatable bonds is 4. The first-order chi connectivity index (χ1) is 14.7. The molecular weight excluding hydrogens is 386 g/mol. The molecule has 0 N–H and O–H groups in total. The molecule has 0 amide bonds. The first-order valence-electron chi connectivity index (χ1n) is 10.0.